The molecule has 1 rings (SSSR count). The van der Waals surface area contributed by atoms with Crippen molar-refractivity contribution in [3.8, 4) is 0 Å². The molecule has 0 fully saturated rings. The van der Waals surface area contributed by atoms with Crippen LogP contribution in [0.15, 0.2) is 23.3 Å². The zero-order valence-electron chi connectivity index (χ0n) is 5.87. The van der Waals surface area contributed by atoms with Crippen molar-refractivity contribution in [2.24, 2.45) is 12.8 Å². The summed E-state index contributed by atoms with van der Waals surface area (Å²) >= 11 is 0. The van der Waals surface area contributed by atoms with Crippen molar-refractivity contribution in [2.45, 2.75) is 6.54 Å². The van der Waals surface area contributed by atoms with Crippen LogP contribution in [0, 0.1) is 0 Å². The number of aryl methyl sites for hydroxylation is 1. The SMILES string of the molecule is Cn1ccc(=O)c(CN)c1. The maximum Gasteiger partial charge on any atom is 0.186 e. The van der Waals surface area contributed by atoms with Crippen molar-refractivity contribution in [3.05, 3.63) is 34.2 Å². The molecule has 0 radical (unpaired) electrons. The maximum absolute atomic E-state index is 10.9. The molecule has 3 heteroatoms. The lowest BCUT2D eigenvalue weighted by Gasteiger charge is -1.98. The minimum Gasteiger partial charge on any atom is -0.357 e. The Morgan fingerprint density at radius 1 is 1.70 bits per heavy atom. The first kappa shape index (κ1) is 7.02. The highest BCUT2D eigenvalue weighted by molar-refractivity contribution is 5.09. The molecule has 0 saturated heterocycles. The van der Waals surface area contributed by atoms with Crippen molar-refractivity contribution in [1.29, 1.82) is 0 Å². The van der Waals surface area contributed by atoms with E-state index in [0.717, 1.165) is 0 Å². The van der Waals surface area contributed by atoms with Crippen LogP contribution in [0.25, 0.3) is 0 Å². The molecule has 10 heavy (non-hydrogen) atoms. The van der Waals surface area contributed by atoms with Crippen LogP contribution in [0.3, 0.4) is 0 Å². The fourth-order valence-corrected chi connectivity index (χ4v) is 0.798. The van der Waals surface area contributed by atoms with Gasteiger partial charge in [0.15, 0.2) is 5.43 Å². The molecule has 0 aliphatic carbocycles. The van der Waals surface area contributed by atoms with E-state index in [1.54, 1.807) is 12.4 Å². The van der Waals surface area contributed by atoms with E-state index < -0.39 is 0 Å². The van der Waals surface area contributed by atoms with Gasteiger partial charge in [-0.15, -0.1) is 0 Å². The van der Waals surface area contributed by atoms with Gasteiger partial charge in [-0.05, 0) is 0 Å². The van der Waals surface area contributed by atoms with Gasteiger partial charge in [-0.3, -0.25) is 4.79 Å². The highest BCUT2D eigenvalue weighted by atomic mass is 16.1. The summed E-state index contributed by atoms with van der Waals surface area (Å²) in [6.07, 6.45) is 3.45. The summed E-state index contributed by atoms with van der Waals surface area (Å²) in [5.74, 6) is 0. The molecule has 0 aliphatic heterocycles. The quantitative estimate of drug-likeness (QED) is 0.586. The molecule has 1 heterocycles. The number of pyridine rings is 1. The van der Waals surface area contributed by atoms with Gasteiger partial charge >= 0.3 is 0 Å². The van der Waals surface area contributed by atoms with E-state index in [0.29, 0.717) is 12.1 Å². The second-order valence-electron chi connectivity index (χ2n) is 2.20. The van der Waals surface area contributed by atoms with Gasteiger partial charge in [0.05, 0.1) is 0 Å². The predicted molar refractivity (Wildman–Crippen MR) is 39.6 cm³/mol. The maximum atomic E-state index is 10.9. The predicted octanol–water partition coefficient (Wildman–Crippen LogP) is -0.156. The summed E-state index contributed by atoms with van der Waals surface area (Å²) in [5.41, 5.74) is 5.98. The van der Waals surface area contributed by atoms with Crippen LogP contribution in [0.5, 0.6) is 0 Å². The van der Waals surface area contributed by atoms with E-state index in [1.165, 1.54) is 6.07 Å². The van der Waals surface area contributed by atoms with E-state index >= 15 is 0 Å². The van der Waals surface area contributed by atoms with Gasteiger partial charge in [0.2, 0.25) is 0 Å². The number of hydrogen-bond acceptors (Lipinski definition) is 2. The van der Waals surface area contributed by atoms with Crippen LogP contribution >= 0.6 is 0 Å². The molecule has 2 N–H and O–H groups in total. The minimum absolute atomic E-state index is 0.0144. The summed E-state index contributed by atoms with van der Waals surface area (Å²) < 4.78 is 1.81. The van der Waals surface area contributed by atoms with Crippen LogP contribution in [0.4, 0.5) is 0 Å². The number of hydrogen-bond donors (Lipinski definition) is 1. The average Bonchev–Trinajstić information content (AvgIpc) is 1.94. The standard InChI is InChI=1S/C7H10N2O/c1-9-3-2-7(10)6(4-8)5-9/h2-3,5H,4,8H2,1H3. The topological polar surface area (TPSA) is 48.0 Å². The second kappa shape index (κ2) is 2.66. The van der Waals surface area contributed by atoms with E-state index in [1.807, 2.05) is 11.6 Å². The van der Waals surface area contributed by atoms with E-state index in [2.05, 4.69) is 0 Å². The van der Waals surface area contributed by atoms with Gasteiger partial charge in [0.25, 0.3) is 0 Å². The smallest absolute Gasteiger partial charge is 0.186 e. The molecular formula is C7H10N2O. The first-order valence-electron chi connectivity index (χ1n) is 3.09. The second-order valence-corrected chi connectivity index (χ2v) is 2.20. The summed E-state index contributed by atoms with van der Waals surface area (Å²) in [7, 11) is 1.86. The highest BCUT2D eigenvalue weighted by Gasteiger charge is 1.93. The van der Waals surface area contributed by atoms with Crippen molar-refractivity contribution < 1.29 is 0 Å². The van der Waals surface area contributed by atoms with Gasteiger partial charge in [-0.1, -0.05) is 0 Å². The first-order valence-corrected chi connectivity index (χ1v) is 3.09. The van der Waals surface area contributed by atoms with Crippen molar-refractivity contribution in [2.75, 3.05) is 0 Å². The molecule has 3 nitrogen and oxygen atoms in total. The van der Waals surface area contributed by atoms with Gasteiger partial charge < -0.3 is 10.3 Å². The van der Waals surface area contributed by atoms with Crippen molar-refractivity contribution >= 4 is 0 Å². The molecule has 0 saturated carbocycles. The lowest BCUT2D eigenvalue weighted by atomic mass is 10.3. The molecule has 0 amide bonds. The highest BCUT2D eigenvalue weighted by Crippen LogP contribution is 1.86. The van der Waals surface area contributed by atoms with Gasteiger partial charge in [0.1, 0.15) is 0 Å². The molecule has 1 aromatic rings. The fourth-order valence-electron chi connectivity index (χ4n) is 0.798. The Morgan fingerprint density at radius 3 is 2.90 bits per heavy atom. The third kappa shape index (κ3) is 1.25. The summed E-state index contributed by atoms with van der Waals surface area (Å²) in [4.78, 5) is 10.9. The number of rotatable bonds is 1. The van der Waals surface area contributed by atoms with Gasteiger partial charge in [-0.25, -0.2) is 0 Å². The Labute approximate surface area is 59.1 Å². The van der Waals surface area contributed by atoms with Gasteiger partial charge in [-0.2, -0.15) is 0 Å². The van der Waals surface area contributed by atoms with Crippen LogP contribution < -0.4 is 11.2 Å². The minimum atomic E-state index is 0.0144. The zero-order valence-corrected chi connectivity index (χ0v) is 5.87. The third-order valence-electron chi connectivity index (χ3n) is 1.36. The first-order chi connectivity index (χ1) is 4.74. The Hall–Kier alpha value is -1.09. The molecule has 0 unspecified atom stereocenters. The van der Waals surface area contributed by atoms with Crippen LogP contribution in [-0.2, 0) is 13.6 Å². The molecule has 0 aromatic carbocycles. The zero-order chi connectivity index (χ0) is 7.56. The molecule has 0 spiro atoms. The van der Waals surface area contributed by atoms with E-state index in [4.69, 9.17) is 5.73 Å². The Balaban J connectivity index is 3.22. The Morgan fingerprint density at radius 2 is 2.40 bits per heavy atom. The normalized spacial score (nSPS) is 9.80. The number of nitrogens with two attached hydrogens (primary N) is 1. The number of aromatic nitrogens is 1. The van der Waals surface area contributed by atoms with Gasteiger partial charge in [0, 0.05) is 37.6 Å². The molecule has 1 aromatic heterocycles. The van der Waals surface area contributed by atoms with Crippen LogP contribution in [0.1, 0.15) is 5.56 Å². The molecule has 0 bridgehead atoms. The van der Waals surface area contributed by atoms with E-state index in [-0.39, 0.29) is 5.43 Å². The van der Waals surface area contributed by atoms with Crippen LogP contribution in [0.2, 0.25) is 0 Å². The molecule has 54 valence electrons. The molecular weight excluding hydrogens is 128 g/mol. The largest absolute Gasteiger partial charge is 0.357 e. The molecule has 0 aliphatic rings. The molecule has 0 atom stereocenters. The lowest BCUT2D eigenvalue weighted by Crippen LogP contribution is -2.13. The number of nitrogens with zero attached hydrogens (tertiary/aromatic N) is 1. The summed E-state index contributed by atoms with van der Waals surface area (Å²) in [6, 6.07) is 1.52. The Kier molecular flexibility index (Phi) is 1.87. The lowest BCUT2D eigenvalue weighted by molar-refractivity contribution is 0.868. The summed E-state index contributed by atoms with van der Waals surface area (Å²) in [5, 5.41) is 0. The van der Waals surface area contributed by atoms with Crippen molar-refractivity contribution in [1.82, 2.24) is 4.57 Å². The monoisotopic (exact) mass is 138 g/mol. The third-order valence-corrected chi connectivity index (χ3v) is 1.36. The van der Waals surface area contributed by atoms with E-state index in [9.17, 15) is 4.79 Å². The van der Waals surface area contributed by atoms with Crippen LogP contribution in [-0.4, -0.2) is 4.57 Å². The van der Waals surface area contributed by atoms with Crippen molar-refractivity contribution in [3.63, 3.8) is 0 Å². The fraction of sp³-hybridized carbons (Fsp3) is 0.286. The Bertz CT molecular complexity index is 277. The average molecular weight is 138 g/mol. The summed E-state index contributed by atoms with van der Waals surface area (Å²) in [6.45, 7) is 0.313.